The number of para-hydroxylation sites is 1. The van der Waals surface area contributed by atoms with Crippen LogP contribution in [0.1, 0.15) is 22.5 Å². The van der Waals surface area contributed by atoms with Gasteiger partial charge in [-0.15, -0.1) is 0 Å². The molecular formula is C15H16F3N3O. The summed E-state index contributed by atoms with van der Waals surface area (Å²) in [5.41, 5.74) is 1.60. The monoisotopic (exact) mass is 311 g/mol. The summed E-state index contributed by atoms with van der Waals surface area (Å²) in [6.45, 7) is 4.61. The summed E-state index contributed by atoms with van der Waals surface area (Å²) in [5.74, 6) is -0.550. The average molecular weight is 311 g/mol. The molecule has 0 spiro atoms. The fraction of sp³-hybridized carbons (Fsp3) is 0.333. The average Bonchev–Trinajstić information content (AvgIpc) is 2.75. The van der Waals surface area contributed by atoms with Crippen molar-refractivity contribution in [1.29, 1.82) is 0 Å². The highest BCUT2D eigenvalue weighted by Gasteiger charge is 2.35. The molecule has 0 atom stereocenters. The van der Waals surface area contributed by atoms with E-state index < -0.39 is 24.3 Å². The number of alkyl halides is 3. The Morgan fingerprint density at radius 3 is 2.36 bits per heavy atom. The number of aromatic nitrogens is 2. The molecule has 0 unspecified atom stereocenters. The number of amides is 1. The number of hydrogen-bond acceptors (Lipinski definition) is 2. The summed E-state index contributed by atoms with van der Waals surface area (Å²) >= 11 is 0. The van der Waals surface area contributed by atoms with Crippen LogP contribution >= 0.6 is 0 Å². The first-order valence-electron chi connectivity index (χ1n) is 6.66. The molecule has 1 aromatic carbocycles. The van der Waals surface area contributed by atoms with Gasteiger partial charge in [0, 0.05) is 5.69 Å². The molecule has 0 fully saturated rings. The van der Waals surface area contributed by atoms with Gasteiger partial charge in [-0.25, -0.2) is 0 Å². The molecule has 1 heterocycles. The van der Waals surface area contributed by atoms with Gasteiger partial charge in [-0.1, -0.05) is 18.2 Å². The molecule has 0 radical (unpaired) electrons. The number of nitrogens with one attached hydrogen (secondary N) is 1. The molecular weight excluding hydrogens is 295 g/mol. The lowest BCUT2D eigenvalue weighted by Gasteiger charge is -2.13. The minimum atomic E-state index is -4.54. The summed E-state index contributed by atoms with van der Waals surface area (Å²) in [4.78, 5) is 12.0. The maximum absolute atomic E-state index is 12.9. The van der Waals surface area contributed by atoms with Crippen molar-refractivity contribution in [2.75, 3.05) is 5.32 Å². The van der Waals surface area contributed by atoms with Gasteiger partial charge in [0.25, 0.3) is 0 Å². The van der Waals surface area contributed by atoms with Gasteiger partial charge in [0.2, 0.25) is 5.91 Å². The summed E-state index contributed by atoms with van der Waals surface area (Å²) in [5, 5.41) is 6.39. The second-order valence-electron chi connectivity index (χ2n) is 5.14. The molecule has 0 aliphatic rings. The van der Waals surface area contributed by atoms with Crippen LogP contribution in [0.2, 0.25) is 0 Å². The molecule has 0 aliphatic carbocycles. The maximum Gasteiger partial charge on any atom is 0.433 e. The van der Waals surface area contributed by atoms with E-state index in [9.17, 15) is 18.0 Å². The highest BCUT2D eigenvalue weighted by Crippen LogP contribution is 2.29. The standard InChI is InChI=1S/C15H16F3N3O/c1-9-5-4-6-10(2)14(9)19-13(22)8-21-12(15(16,17)18)7-11(3)20-21/h4-7H,8H2,1-3H3,(H,19,22). The van der Waals surface area contributed by atoms with Crippen LogP contribution in [-0.4, -0.2) is 15.7 Å². The first-order chi connectivity index (χ1) is 10.2. The van der Waals surface area contributed by atoms with Crippen LogP contribution in [0.5, 0.6) is 0 Å². The van der Waals surface area contributed by atoms with Crippen molar-refractivity contribution < 1.29 is 18.0 Å². The van der Waals surface area contributed by atoms with E-state index >= 15 is 0 Å². The van der Waals surface area contributed by atoms with Crippen molar-refractivity contribution >= 4 is 11.6 Å². The van der Waals surface area contributed by atoms with Crippen molar-refractivity contribution in [2.45, 2.75) is 33.5 Å². The molecule has 0 saturated carbocycles. The van der Waals surface area contributed by atoms with Gasteiger partial charge >= 0.3 is 6.18 Å². The predicted molar refractivity (Wildman–Crippen MR) is 76.5 cm³/mol. The van der Waals surface area contributed by atoms with Crippen LogP contribution in [0.25, 0.3) is 0 Å². The number of carbonyl (C=O) groups excluding carboxylic acids is 1. The number of halogens is 3. The van der Waals surface area contributed by atoms with Gasteiger partial charge in [0.1, 0.15) is 12.2 Å². The highest BCUT2D eigenvalue weighted by atomic mass is 19.4. The Kier molecular flexibility index (Phi) is 4.25. The Hall–Kier alpha value is -2.31. The molecule has 0 bridgehead atoms. The van der Waals surface area contributed by atoms with E-state index in [1.807, 2.05) is 32.0 Å². The summed E-state index contributed by atoms with van der Waals surface area (Å²) in [6, 6.07) is 6.41. The zero-order valence-corrected chi connectivity index (χ0v) is 12.5. The Bertz CT molecular complexity index is 684. The molecule has 118 valence electrons. The highest BCUT2D eigenvalue weighted by molar-refractivity contribution is 5.92. The van der Waals surface area contributed by atoms with Crippen molar-refractivity contribution in [3.8, 4) is 0 Å². The SMILES string of the molecule is Cc1cc(C(F)(F)F)n(CC(=O)Nc2c(C)cccc2C)n1. The normalized spacial score (nSPS) is 11.5. The van der Waals surface area contributed by atoms with Crippen LogP contribution in [0.15, 0.2) is 24.3 Å². The van der Waals surface area contributed by atoms with Crippen LogP contribution in [0.3, 0.4) is 0 Å². The third-order valence-electron chi connectivity index (χ3n) is 3.23. The van der Waals surface area contributed by atoms with E-state index in [2.05, 4.69) is 10.4 Å². The third kappa shape index (κ3) is 3.47. The smallest absolute Gasteiger partial charge is 0.324 e. The number of nitrogens with zero attached hydrogens (tertiary/aromatic N) is 2. The minimum Gasteiger partial charge on any atom is -0.324 e. The molecule has 1 N–H and O–H groups in total. The minimum absolute atomic E-state index is 0.215. The van der Waals surface area contributed by atoms with Crippen LogP contribution in [0, 0.1) is 20.8 Å². The quantitative estimate of drug-likeness (QED) is 0.943. The van der Waals surface area contributed by atoms with E-state index in [0.717, 1.165) is 17.2 Å². The number of hydrogen-bond donors (Lipinski definition) is 1. The first kappa shape index (κ1) is 16.1. The van der Waals surface area contributed by atoms with Gasteiger partial charge in [0.05, 0.1) is 5.69 Å². The molecule has 1 amide bonds. The first-order valence-corrected chi connectivity index (χ1v) is 6.66. The van der Waals surface area contributed by atoms with Gasteiger partial charge in [0.15, 0.2) is 0 Å². The van der Waals surface area contributed by atoms with Crippen LogP contribution < -0.4 is 5.32 Å². The topological polar surface area (TPSA) is 46.9 Å². The number of aryl methyl sites for hydroxylation is 3. The largest absolute Gasteiger partial charge is 0.433 e. The lowest BCUT2D eigenvalue weighted by molar-refractivity contribution is -0.144. The molecule has 7 heteroatoms. The second-order valence-corrected chi connectivity index (χ2v) is 5.14. The molecule has 1 aromatic heterocycles. The fourth-order valence-electron chi connectivity index (χ4n) is 2.22. The molecule has 4 nitrogen and oxygen atoms in total. The van der Waals surface area contributed by atoms with Crippen LogP contribution in [-0.2, 0) is 17.5 Å². The Morgan fingerprint density at radius 2 is 1.82 bits per heavy atom. The molecule has 22 heavy (non-hydrogen) atoms. The van der Waals surface area contributed by atoms with E-state index in [1.165, 1.54) is 6.92 Å². The van der Waals surface area contributed by atoms with Crippen molar-refractivity contribution in [2.24, 2.45) is 0 Å². The van der Waals surface area contributed by atoms with Crippen molar-refractivity contribution in [1.82, 2.24) is 9.78 Å². The van der Waals surface area contributed by atoms with E-state index in [1.54, 1.807) is 0 Å². The van der Waals surface area contributed by atoms with Crippen molar-refractivity contribution in [3.05, 3.63) is 46.8 Å². The van der Waals surface area contributed by atoms with Gasteiger partial charge in [-0.2, -0.15) is 18.3 Å². The molecule has 2 rings (SSSR count). The van der Waals surface area contributed by atoms with E-state index in [-0.39, 0.29) is 5.69 Å². The zero-order chi connectivity index (χ0) is 16.5. The number of benzene rings is 1. The van der Waals surface area contributed by atoms with E-state index in [0.29, 0.717) is 10.4 Å². The Balaban J connectivity index is 2.20. The lowest BCUT2D eigenvalue weighted by Crippen LogP contribution is -2.24. The number of anilines is 1. The zero-order valence-electron chi connectivity index (χ0n) is 12.5. The van der Waals surface area contributed by atoms with Gasteiger partial charge < -0.3 is 5.32 Å². The molecule has 0 saturated heterocycles. The maximum atomic E-state index is 12.9. The Morgan fingerprint density at radius 1 is 1.23 bits per heavy atom. The Labute approximate surface area is 125 Å². The number of rotatable bonds is 3. The number of carbonyl (C=O) groups is 1. The van der Waals surface area contributed by atoms with Gasteiger partial charge in [-0.05, 0) is 38.0 Å². The third-order valence-corrected chi connectivity index (χ3v) is 3.23. The van der Waals surface area contributed by atoms with Crippen molar-refractivity contribution in [3.63, 3.8) is 0 Å². The predicted octanol–water partition coefficient (Wildman–Crippen LogP) is 3.47. The summed E-state index contributed by atoms with van der Waals surface area (Å²) in [7, 11) is 0. The molecule has 0 aliphatic heterocycles. The van der Waals surface area contributed by atoms with Gasteiger partial charge in [-0.3, -0.25) is 9.48 Å². The molecule has 2 aromatic rings. The lowest BCUT2D eigenvalue weighted by atomic mass is 10.1. The fourth-order valence-corrected chi connectivity index (χ4v) is 2.22. The summed E-state index contributed by atoms with van der Waals surface area (Å²) < 4.78 is 39.3. The second kappa shape index (κ2) is 5.82. The summed E-state index contributed by atoms with van der Waals surface area (Å²) in [6.07, 6.45) is -4.54. The van der Waals surface area contributed by atoms with Crippen LogP contribution in [0.4, 0.5) is 18.9 Å². The van der Waals surface area contributed by atoms with E-state index in [4.69, 9.17) is 0 Å².